The van der Waals surface area contributed by atoms with E-state index in [1.165, 1.54) is 34.5 Å². The highest BCUT2D eigenvalue weighted by atomic mass is 32.2. The Hall–Kier alpha value is -3.12. The zero-order valence-corrected chi connectivity index (χ0v) is 20.6. The zero-order valence-electron chi connectivity index (χ0n) is 19.8. The number of amides is 1. The van der Waals surface area contributed by atoms with Crippen LogP contribution in [0.3, 0.4) is 0 Å². The standard InChI is InChI=1S/C28H32N2O3S/c1-3-26(24-18-17-22-13-7-8-14-23(22)19-24)29-28(31)25-15-9-10-16-27(25)30(34(2,32)33)20-21-11-5-4-6-12-21/h4-6,9-12,15-19,26H,3,7-8,13-14,20H2,1-2H3,(H,29,31). The van der Waals surface area contributed by atoms with Crippen molar-refractivity contribution in [3.8, 4) is 0 Å². The van der Waals surface area contributed by atoms with Gasteiger partial charge in [-0.05, 0) is 66.5 Å². The topological polar surface area (TPSA) is 66.5 Å². The van der Waals surface area contributed by atoms with E-state index in [9.17, 15) is 13.2 Å². The van der Waals surface area contributed by atoms with Crippen molar-refractivity contribution in [1.82, 2.24) is 5.32 Å². The van der Waals surface area contributed by atoms with E-state index in [2.05, 4.69) is 30.4 Å². The highest BCUT2D eigenvalue weighted by Gasteiger charge is 2.25. The van der Waals surface area contributed by atoms with Gasteiger partial charge in [0.25, 0.3) is 5.91 Å². The van der Waals surface area contributed by atoms with Crippen LogP contribution in [0.5, 0.6) is 0 Å². The predicted molar refractivity (Wildman–Crippen MR) is 137 cm³/mol. The number of nitrogens with zero attached hydrogens (tertiary/aromatic N) is 1. The number of carbonyl (C=O) groups excluding carboxylic acids is 1. The van der Waals surface area contributed by atoms with Crippen LogP contribution in [0.25, 0.3) is 0 Å². The molecule has 0 fully saturated rings. The lowest BCUT2D eigenvalue weighted by Crippen LogP contribution is -2.34. The summed E-state index contributed by atoms with van der Waals surface area (Å²) in [4.78, 5) is 13.4. The number of carbonyl (C=O) groups is 1. The van der Waals surface area contributed by atoms with Crippen LogP contribution >= 0.6 is 0 Å². The Morgan fingerprint density at radius 3 is 2.32 bits per heavy atom. The largest absolute Gasteiger partial charge is 0.345 e. The molecule has 4 rings (SSSR count). The van der Waals surface area contributed by atoms with Gasteiger partial charge in [-0.1, -0.05) is 67.6 Å². The Labute approximate surface area is 202 Å². The molecule has 0 bridgehead atoms. The van der Waals surface area contributed by atoms with E-state index in [0.29, 0.717) is 11.3 Å². The summed E-state index contributed by atoms with van der Waals surface area (Å²) in [5.41, 5.74) is 5.46. The summed E-state index contributed by atoms with van der Waals surface area (Å²) in [5.74, 6) is -0.276. The Bertz CT molecular complexity index is 1260. The first-order valence-corrected chi connectivity index (χ1v) is 13.7. The molecule has 5 nitrogen and oxygen atoms in total. The molecule has 0 heterocycles. The van der Waals surface area contributed by atoms with Crippen molar-refractivity contribution < 1.29 is 13.2 Å². The second kappa shape index (κ2) is 10.4. The summed E-state index contributed by atoms with van der Waals surface area (Å²) in [6, 6.07) is 22.7. The molecule has 0 aromatic heterocycles. The SMILES string of the molecule is CCC(NC(=O)c1ccccc1N(Cc1ccccc1)S(C)(=O)=O)c1ccc2c(c1)CCCC2. The maximum absolute atomic E-state index is 13.4. The first kappa shape index (κ1) is 24.0. The molecule has 1 unspecified atom stereocenters. The van der Waals surface area contributed by atoms with Crippen molar-refractivity contribution in [3.63, 3.8) is 0 Å². The second-order valence-corrected chi connectivity index (χ2v) is 10.8. The summed E-state index contributed by atoms with van der Waals surface area (Å²) in [6.07, 6.45) is 6.56. The highest BCUT2D eigenvalue weighted by Crippen LogP contribution is 2.28. The number of anilines is 1. The molecule has 1 amide bonds. The molecule has 0 saturated heterocycles. The lowest BCUT2D eigenvalue weighted by molar-refractivity contribution is 0.0936. The summed E-state index contributed by atoms with van der Waals surface area (Å²) in [7, 11) is -3.62. The van der Waals surface area contributed by atoms with Gasteiger partial charge in [-0.2, -0.15) is 0 Å². The van der Waals surface area contributed by atoms with Crippen LogP contribution in [0.4, 0.5) is 5.69 Å². The van der Waals surface area contributed by atoms with Gasteiger partial charge in [0.2, 0.25) is 10.0 Å². The molecule has 3 aromatic rings. The average Bonchev–Trinajstić information content (AvgIpc) is 2.85. The minimum Gasteiger partial charge on any atom is -0.345 e. The van der Waals surface area contributed by atoms with Crippen LogP contribution in [-0.2, 0) is 29.4 Å². The molecule has 34 heavy (non-hydrogen) atoms. The van der Waals surface area contributed by atoms with Crippen LogP contribution in [0.15, 0.2) is 72.8 Å². The molecule has 178 valence electrons. The fourth-order valence-electron chi connectivity index (χ4n) is 4.64. The number of para-hydroxylation sites is 1. The minimum atomic E-state index is -3.62. The highest BCUT2D eigenvalue weighted by molar-refractivity contribution is 7.92. The molecule has 1 aliphatic rings. The monoisotopic (exact) mass is 476 g/mol. The lowest BCUT2D eigenvalue weighted by atomic mass is 9.88. The number of benzene rings is 3. The van der Waals surface area contributed by atoms with Gasteiger partial charge in [0.05, 0.1) is 30.1 Å². The van der Waals surface area contributed by atoms with Crippen LogP contribution < -0.4 is 9.62 Å². The van der Waals surface area contributed by atoms with Gasteiger partial charge in [0, 0.05) is 0 Å². The molecule has 0 aliphatic heterocycles. The third kappa shape index (κ3) is 5.50. The van der Waals surface area contributed by atoms with Crippen LogP contribution in [0, 0.1) is 0 Å². The quantitative estimate of drug-likeness (QED) is 0.473. The number of fused-ring (bicyclic) bond motifs is 1. The van der Waals surface area contributed by atoms with E-state index < -0.39 is 10.0 Å². The maximum atomic E-state index is 13.4. The Morgan fingerprint density at radius 2 is 1.62 bits per heavy atom. The Kier molecular flexibility index (Phi) is 7.37. The maximum Gasteiger partial charge on any atom is 0.253 e. The van der Waals surface area contributed by atoms with Gasteiger partial charge in [0.15, 0.2) is 0 Å². The summed E-state index contributed by atoms with van der Waals surface area (Å²) >= 11 is 0. The first-order chi connectivity index (χ1) is 16.4. The van der Waals surface area contributed by atoms with E-state index in [1.54, 1.807) is 24.3 Å². The number of rotatable bonds is 8. The number of hydrogen-bond donors (Lipinski definition) is 1. The van der Waals surface area contributed by atoms with Crippen molar-refractivity contribution in [3.05, 3.63) is 101 Å². The smallest absolute Gasteiger partial charge is 0.253 e. The molecule has 6 heteroatoms. The third-order valence-corrected chi connectivity index (χ3v) is 7.60. The van der Waals surface area contributed by atoms with E-state index in [1.807, 2.05) is 30.3 Å². The second-order valence-electron chi connectivity index (χ2n) is 8.94. The third-order valence-electron chi connectivity index (χ3n) is 6.48. The Morgan fingerprint density at radius 1 is 0.941 bits per heavy atom. The summed E-state index contributed by atoms with van der Waals surface area (Å²) < 4.78 is 26.8. The van der Waals surface area contributed by atoms with E-state index in [-0.39, 0.29) is 18.5 Å². The molecule has 3 aromatic carbocycles. The van der Waals surface area contributed by atoms with E-state index >= 15 is 0 Å². The van der Waals surface area contributed by atoms with Crippen molar-refractivity contribution in [2.24, 2.45) is 0 Å². The van der Waals surface area contributed by atoms with Crippen molar-refractivity contribution in [1.29, 1.82) is 0 Å². The normalized spacial score (nSPS) is 14.2. The van der Waals surface area contributed by atoms with Gasteiger partial charge in [-0.25, -0.2) is 8.42 Å². The molecule has 1 atom stereocenters. The number of sulfonamides is 1. The van der Waals surface area contributed by atoms with Crippen LogP contribution in [0.2, 0.25) is 0 Å². The molecular weight excluding hydrogens is 444 g/mol. The van der Waals surface area contributed by atoms with Gasteiger partial charge in [-0.15, -0.1) is 0 Å². The minimum absolute atomic E-state index is 0.145. The van der Waals surface area contributed by atoms with Crippen molar-refractivity contribution in [2.75, 3.05) is 10.6 Å². The summed E-state index contributed by atoms with van der Waals surface area (Å²) in [6.45, 7) is 2.21. The van der Waals surface area contributed by atoms with Gasteiger partial charge < -0.3 is 5.32 Å². The van der Waals surface area contributed by atoms with Crippen molar-refractivity contribution >= 4 is 21.6 Å². The zero-order chi connectivity index (χ0) is 24.1. The van der Waals surface area contributed by atoms with Crippen LogP contribution in [0.1, 0.15) is 64.8 Å². The van der Waals surface area contributed by atoms with Crippen LogP contribution in [-0.4, -0.2) is 20.6 Å². The molecule has 1 aliphatic carbocycles. The number of hydrogen-bond acceptors (Lipinski definition) is 3. The van der Waals surface area contributed by atoms with Crippen molar-refractivity contribution in [2.45, 2.75) is 51.6 Å². The number of nitrogens with one attached hydrogen (secondary N) is 1. The fourth-order valence-corrected chi connectivity index (χ4v) is 5.54. The van der Waals surface area contributed by atoms with E-state index in [0.717, 1.165) is 30.4 Å². The first-order valence-electron chi connectivity index (χ1n) is 11.9. The molecule has 1 N–H and O–H groups in total. The van der Waals surface area contributed by atoms with Gasteiger partial charge >= 0.3 is 0 Å². The van der Waals surface area contributed by atoms with E-state index in [4.69, 9.17) is 0 Å². The van der Waals surface area contributed by atoms with Gasteiger partial charge in [-0.3, -0.25) is 9.10 Å². The molecular formula is C28H32N2O3S. The lowest BCUT2D eigenvalue weighted by Gasteiger charge is -2.26. The fraction of sp³-hybridized carbons (Fsp3) is 0.321. The Balaban J connectivity index is 1.62. The summed E-state index contributed by atoms with van der Waals surface area (Å²) in [5, 5.41) is 3.16. The van der Waals surface area contributed by atoms with Gasteiger partial charge in [0.1, 0.15) is 0 Å². The predicted octanol–water partition coefficient (Wildman–Crippen LogP) is 5.41. The molecule has 0 spiro atoms. The molecule has 0 radical (unpaired) electrons. The number of aryl methyl sites for hydroxylation is 2. The molecule has 0 saturated carbocycles. The average molecular weight is 477 g/mol.